The molecule has 2 aromatic carbocycles. The number of hydrogen-bond donors (Lipinski definition) is 2. The van der Waals surface area contributed by atoms with E-state index in [9.17, 15) is 14.0 Å². The number of carbonyl (C=O) groups is 2. The first-order valence-corrected chi connectivity index (χ1v) is 6.99. The van der Waals surface area contributed by atoms with Crippen molar-refractivity contribution in [3.05, 3.63) is 65.5 Å². The monoisotopic (exact) mass is 300 g/mol. The highest BCUT2D eigenvalue weighted by atomic mass is 19.1. The molecule has 5 heteroatoms. The fourth-order valence-corrected chi connectivity index (χ4v) is 2.08. The van der Waals surface area contributed by atoms with Crippen molar-refractivity contribution >= 4 is 17.5 Å². The second kappa shape index (κ2) is 7.36. The standard InChI is InChI=1S/C17H17FN2O2/c18-15-6-2-1-4-12(15)5-3-7-16(21)20-14-10-8-13(9-11-14)17(19)22/h1-2,4,6,8-11H,3,5,7H2,(H2,19,22)(H,20,21). The maximum Gasteiger partial charge on any atom is 0.248 e. The summed E-state index contributed by atoms with van der Waals surface area (Å²) in [5.74, 6) is -0.907. The van der Waals surface area contributed by atoms with Crippen LogP contribution in [-0.4, -0.2) is 11.8 Å². The molecule has 0 aliphatic heterocycles. The molecule has 0 unspecified atom stereocenters. The van der Waals surface area contributed by atoms with Crippen LogP contribution < -0.4 is 11.1 Å². The summed E-state index contributed by atoms with van der Waals surface area (Å²) >= 11 is 0. The lowest BCUT2D eigenvalue weighted by Crippen LogP contribution is -2.13. The molecular weight excluding hydrogens is 283 g/mol. The number of halogens is 1. The van der Waals surface area contributed by atoms with Gasteiger partial charge in [0, 0.05) is 17.7 Å². The molecule has 0 aliphatic rings. The van der Waals surface area contributed by atoms with Crippen LogP contribution in [0, 0.1) is 5.82 Å². The molecule has 2 amide bonds. The fraction of sp³-hybridized carbons (Fsp3) is 0.176. The Hall–Kier alpha value is -2.69. The lowest BCUT2D eigenvalue weighted by molar-refractivity contribution is -0.116. The van der Waals surface area contributed by atoms with Crippen LogP contribution in [0.25, 0.3) is 0 Å². The Morgan fingerprint density at radius 2 is 1.73 bits per heavy atom. The number of primary amides is 1. The predicted octanol–water partition coefficient (Wildman–Crippen LogP) is 2.89. The van der Waals surface area contributed by atoms with Gasteiger partial charge in [-0.1, -0.05) is 18.2 Å². The van der Waals surface area contributed by atoms with Crippen molar-refractivity contribution in [3.8, 4) is 0 Å². The maximum absolute atomic E-state index is 13.4. The molecule has 2 aromatic rings. The lowest BCUT2D eigenvalue weighted by atomic mass is 10.1. The Kier molecular flexibility index (Phi) is 5.25. The summed E-state index contributed by atoms with van der Waals surface area (Å²) in [6.45, 7) is 0. The van der Waals surface area contributed by atoms with Gasteiger partial charge >= 0.3 is 0 Å². The van der Waals surface area contributed by atoms with E-state index < -0.39 is 5.91 Å². The van der Waals surface area contributed by atoms with Crippen LogP contribution in [0.15, 0.2) is 48.5 Å². The predicted molar refractivity (Wildman–Crippen MR) is 82.9 cm³/mol. The van der Waals surface area contributed by atoms with E-state index in [-0.39, 0.29) is 11.7 Å². The number of nitrogens with one attached hydrogen (secondary N) is 1. The summed E-state index contributed by atoms with van der Waals surface area (Å²) in [6.07, 6.45) is 1.37. The van der Waals surface area contributed by atoms with E-state index in [1.807, 2.05) is 0 Å². The number of nitrogens with two attached hydrogens (primary N) is 1. The average Bonchev–Trinajstić information content (AvgIpc) is 2.50. The van der Waals surface area contributed by atoms with Gasteiger partial charge < -0.3 is 11.1 Å². The van der Waals surface area contributed by atoms with E-state index in [0.29, 0.717) is 36.1 Å². The normalized spacial score (nSPS) is 10.2. The Morgan fingerprint density at radius 3 is 2.36 bits per heavy atom. The molecule has 114 valence electrons. The molecular formula is C17H17FN2O2. The molecule has 0 fully saturated rings. The largest absolute Gasteiger partial charge is 0.366 e. The highest BCUT2D eigenvalue weighted by Gasteiger charge is 2.06. The fourth-order valence-electron chi connectivity index (χ4n) is 2.08. The Morgan fingerprint density at radius 1 is 1.05 bits per heavy atom. The van der Waals surface area contributed by atoms with E-state index in [2.05, 4.69) is 5.32 Å². The minimum atomic E-state index is -0.511. The number of benzene rings is 2. The molecule has 0 atom stereocenters. The number of hydrogen-bond acceptors (Lipinski definition) is 2. The van der Waals surface area contributed by atoms with Crippen LogP contribution in [0.3, 0.4) is 0 Å². The zero-order valence-corrected chi connectivity index (χ0v) is 12.0. The first-order valence-electron chi connectivity index (χ1n) is 6.99. The molecule has 0 saturated heterocycles. The van der Waals surface area contributed by atoms with Gasteiger partial charge in [-0.15, -0.1) is 0 Å². The van der Waals surface area contributed by atoms with Crippen LogP contribution >= 0.6 is 0 Å². The van der Waals surface area contributed by atoms with Crippen LogP contribution in [0.1, 0.15) is 28.8 Å². The quantitative estimate of drug-likeness (QED) is 0.861. The zero-order valence-electron chi connectivity index (χ0n) is 12.0. The van der Waals surface area contributed by atoms with Crippen LogP contribution in [0.2, 0.25) is 0 Å². The van der Waals surface area contributed by atoms with E-state index in [1.165, 1.54) is 6.07 Å². The first kappa shape index (κ1) is 15.7. The van der Waals surface area contributed by atoms with Gasteiger partial charge in [0.15, 0.2) is 0 Å². The molecule has 0 radical (unpaired) electrons. The van der Waals surface area contributed by atoms with Crippen molar-refractivity contribution in [3.63, 3.8) is 0 Å². The molecule has 3 N–H and O–H groups in total. The van der Waals surface area contributed by atoms with Crippen molar-refractivity contribution < 1.29 is 14.0 Å². The Bertz CT molecular complexity index is 669. The maximum atomic E-state index is 13.4. The number of carbonyl (C=O) groups excluding carboxylic acids is 2. The minimum Gasteiger partial charge on any atom is -0.366 e. The van der Waals surface area contributed by atoms with Gasteiger partial charge in [-0.05, 0) is 48.7 Å². The SMILES string of the molecule is NC(=O)c1ccc(NC(=O)CCCc2ccccc2F)cc1. The number of rotatable bonds is 6. The third kappa shape index (κ3) is 4.41. The van der Waals surface area contributed by atoms with Gasteiger partial charge in [-0.3, -0.25) is 9.59 Å². The summed E-state index contributed by atoms with van der Waals surface area (Å²) in [7, 11) is 0. The van der Waals surface area contributed by atoms with Crippen molar-refractivity contribution in [2.45, 2.75) is 19.3 Å². The molecule has 0 aliphatic carbocycles. The minimum absolute atomic E-state index is 0.150. The summed E-state index contributed by atoms with van der Waals surface area (Å²) < 4.78 is 13.4. The van der Waals surface area contributed by atoms with Gasteiger partial charge in [-0.25, -0.2) is 4.39 Å². The molecule has 2 rings (SSSR count). The number of aryl methyl sites for hydroxylation is 1. The molecule has 0 spiro atoms. The van der Waals surface area contributed by atoms with Gasteiger partial charge in [-0.2, -0.15) is 0 Å². The molecule has 0 heterocycles. The summed E-state index contributed by atoms with van der Waals surface area (Å²) in [5, 5.41) is 2.72. The van der Waals surface area contributed by atoms with Gasteiger partial charge in [0.2, 0.25) is 11.8 Å². The first-order chi connectivity index (χ1) is 10.6. The Balaban J connectivity index is 1.80. The average molecular weight is 300 g/mol. The van der Waals surface area contributed by atoms with Crippen molar-refractivity contribution in [2.24, 2.45) is 5.73 Å². The third-order valence-corrected chi connectivity index (χ3v) is 3.26. The second-order valence-electron chi connectivity index (χ2n) is 4.93. The van der Waals surface area contributed by atoms with E-state index in [4.69, 9.17) is 5.73 Å². The van der Waals surface area contributed by atoms with Gasteiger partial charge in [0.05, 0.1) is 0 Å². The van der Waals surface area contributed by atoms with Crippen molar-refractivity contribution in [1.82, 2.24) is 0 Å². The molecule has 0 saturated carbocycles. The smallest absolute Gasteiger partial charge is 0.248 e. The van der Waals surface area contributed by atoms with Crippen molar-refractivity contribution in [1.29, 1.82) is 0 Å². The highest BCUT2D eigenvalue weighted by Crippen LogP contribution is 2.12. The number of anilines is 1. The highest BCUT2D eigenvalue weighted by molar-refractivity contribution is 5.94. The van der Waals surface area contributed by atoms with Gasteiger partial charge in [0.1, 0.15) is 5.82 Å². The second-order valence-corrected chi connectivity index (χ2v) is 4.93. The van der Waals surface area contributed by atoms with Crippen molar-refractivity contribution in [2.75, 3.05) is 5.32 Å². The summed E-state index contributed by atoms with van der Waals surface area (Å²) in [6, 6.07) is 12.9. The Labute approximate surface area is 128 Å². The van der Waals surface area contributed by atoms with Crippen LogP contribution in [0.5, 0.6) is 0 Å². The van der Waals surface area contributed by atoms with E-state index >= 15 is 0 Å². The lowest BCUT2D eigenvalue weighted by Gasteiger charge is -2.06. The third-order valence-electron chi connectivity index (χ3n) is 3.26. The molecule has 0 aromatic heterocycles. The topological polar surface area (TPSA) is 72.2 Å². The van der Waals surface area contributed by atoms with Crippen LogP contribution in [-0.2, 0) is 11.2 Å². The van der Waals surface area contributed by atoms with Gasteiger partial charge in [0.25, 0.3) is 0 Å². The number of amides is 2. The van der Waals surface area contributed by atoms with E-state index in [1.54, 1.807) is 42.5 Å². The van der Waals surface area contributed by atoms with E-state index in [0.717, 1.165) is 0 Å². The molecule has 0 bridgehead atoms. The summed E-state index contributed by atoms with van der Waals surface area (Å²) in [5.41, 5.74) is 6.74. The van der Waals surface area contributed by atoms with Crippen LogP contribution in [0.4, 0.5) is 10.1 Å². The summed E-state index contributed by atoms with van der Waals surface area (Å²) in [4.78, 5) is 22.8. The molecule has 22 heavy (non-hydrogen) atoms. The molecule has 4 nitrogen and oxygen atoms in total. The zero-order chi connectivity index (χ0) is 15.9.